The minimum Gasteiger partial charge on any atom is -0.458 e. The Balaban J connectivity index is 2.08. The number of aromatic nitrogens is 2. The molecule has 1 N–H and O–H groups in total. The van der Waals surface area contributed by atoms with Gasteiger partial charge in [-0.05, 0) is 64.1 Å². The summed E-state index contributed by atoms with van der Waals surface area (Å²) in [6.45, 7) is 7.30. The highest BCUT2D eigenvalue weighted by Gasteiger charge is 2.22. The zero-order valence-corrected chi connectivity index (χ0v) is 16.4. The Labute approximate surface area is 162 Å². The zero-order valence-electron chi connectivity index (χ0n) is 16.4. The highest BCUT2D eigenvalue weighted by atomic mass is 19.1. The Kier molecular flexibility index (Phi) is 5.53. The molecule has 0 aliphatic carbocycles. The van der Waals surface area contributed by atoms with Gasteiger partial charge in [-0.25, -0.2) is 9.18 Å². The fourth-order valence-electron chi connectivity index (χ4n) is 3.10. The van der Waals surface area contributed by atoms with E-state index in [0.717, 1.165) is 16.7 Å². The second kappa shape index (κ2) is 7.88. The van der Waals surface area contributed by atoms with Crippen molar-refractivity contribution in [2.75, 3.05) is 0 Å². The average molecular weight is 385 g/mol. The molecule has 0 radical (unpaired) electrons. The van der Waals surface area contributed by atoms with Crippen molar-refractivity contribution < 1.29 is 18.7 Å². The van der Waals surface area contributed by atoms with Gasteiger partial charge in [0.25, 0.3) is 0 Å². The van der Waals surface area contributed by atoms with Gasteiger partial charge < -0.3 is 19.2 Å². The first kappa shape index (κ1) is 19.7. The summed E-state index contributed by atoms with van der Waals surface area (Å²) in [5.41, 5.74) is 2.51. The van der Waals surface area contributed by atoms with Crippen LogP contribution >= 0.6 is 0 Å². The van der Waals surface area contributed by atoms with E-state index in [0.29, 0.717) is 5.69 Å². The van der Waals surface area contributed by atoms with Crippen molar-refractivity contribution in [1.29, 1.82) is 0 Å². The maximum absolute atomic E-state index is 13.3. The van der Waals surface area contributed by atoms with Crippen molar-refractivity contribution in [2.24, 2.45) is 0 Å². The number of ether oxygens (including phenoxy) is 1. The molecule has 2 heterocycles. The van der Waals surface area contributed by atoms with E-state index in [1.54, 1.807) is 36.6 Å². The summed E-state index contributed by atoms with van der Waals surface area (Å²) in [6.07, 6.45) is 1.55. The van der Waals surface area contributed by atoms with Crippen LogP contribution in [0.2, 0.25) is 0 Å². The van der Waals surface area contributed by atoms with E-state index in [1.165, 1.54) is 12.1 Å². The minimum absolute atomic E-state index is 0.00234. The topological polar surface area (TPSA) is 65.3 Å². The van der Waals surface area contributed by atoms with Crippen molar-refractivity contribution in [1.82, 2.24) is 14.5 Å². The second-order valence-corrected chi connectivity index (χ2v) is 7.22. The summed E-state index contributed by atoms with van der Waals surface area (Å²) in [7, 11) is 0. The van der Waals surface area contributed by atoms with Gasteiger partial charge in [-0.15, -0.1) is 0 Å². The highest BCUT2D eigenvalue weighted by molar-refractivity contribution is 5.96. The van der Waals surface area contributed by atoms with E-state index >= 15 is 0 Å². The number of amides is 1. The van der Waals surface area contributed by atoms with Crippen LogP contribution in [0, 0.1) is 5.82 Å². The molecule has 6 nitrogen and oxygen atoms in total. The second-order valence-electron chi connectivity index (χ2n) is 7.22. The molecule has 0 bridgehead atoms. The summed E-state index contributed by atoms with van der Waals surface area (Å²) in [5, 5.41) is 2.84. The molecule has 1 aromatic carbocycles. The lowest BCUT2D eigenvalue weighted by atomic mass is 10.3. The number of hydrogen-bond donors (Lipinski definition) is 1. The van der Waals surface area contributed by atoms with Crippen molar-refractivity contribution in [3.8, 4) is 5.69 Å². The van der Waals surface area contributed by atoms with Crippen molar-refractivity contribution in [3.05, 3.63) is 54.1 Å². The van der Waals surface area contributed by atoms with Crippen molar-refractivity contribution in [3.63, 3.8) is 0 Å². The van der Waals surface area contributed by atoms with E-state index in [9.17, 15) is 14.0 Å². The standard InChI is InChI=1S/C21H24FN3O3/c1-13(2)23-20(26)12-25-17-9-10-24(16-7-5-15(22)6-8-16)18(17)11-19(25)21(27)28-14(3)4/h5-11,13-14H,12H2,1-4H3,(H,23,26). The van der Waals surface area contributed by atoms with Crippen LogP contribution in [0.5, 0.6) is 0 Å². The van der Waals surface area contributed by atoms with Crippen LogP contribution in [-0.4, -0.2) is 33.2 Å². The average Bonchev–Trinajstić information content (AvgIpc) is 3.15. The Morgan fingerprint density at radius 2 is 1.75 bits per heavy atom. The number of carbonyl (C=O) groups excluding carboxylic acids is 2. The van der Waals surface area contributed by atoms with Crippen LogP contribution in [0.15, 0.2) is 42.6 Å². The van der Waals surface area contributed by atoms with E-state index in [4.69, 9.17) is 4.74 Å². The SMILES string of the molecule is CC(C)NC(=O)Cn1c(C(=O)OC(C)C)cc2c1ccn2-c1ccc(F)cc1. The number of benzene rings is 1. The molecular formula is C21H24FN3O3. The van der Waals surface area contributed by atoms with Gasteiger partial charge in [0.05, 0.1) is 17.1 Å². The lowest BCUT2D eigenvalue weighted by Crippen LogP contribution is -2.33. The van der Waals surface area contributed by atoms with Crippen LogP contribution < -0.4 is 5.32 Å². The maximum atomic E-state index is 13.3. The first-order valence-corrected chi connectivity index (χ1v) is 9.23. The molecule has 0 saturated carbocycles. The maximum Gasteiger partial charge on any atom is 0.355 e. The van der Waals surface area contributed by atoms with Gasteiger partial charge in [-0.3, -0.25) is 4.79 Å². The molecule has 0 spiro atoms. The Morgan fingerprint density at radius 1 is 1.07 bits per heavy atom. The molecular weight excluding hydrogens is 361 g/mol. The van der Waals surface area contributed by atoms with E-state index < -0.39 is 5.97 Å². The molecule has 28 heavy (non-hydrogen) atoms. The fourth-order valence-corrected chi connectivity index (χ4v) is 3.10. The number of nitrogens with zero attached hydrogens (tertiary/aromatic N) is 2. The van der Waals surface area contributed by atoms with Crippen LogP contribution in [0.4, 0.5) is 4.39 Å². The monoisotopic (exact) mass is 385 g/mol. The van der Waals surface area contributed by atoms with E-state index in [2.05, 4.69) is 5.32 Å². The molecule has 0 fully saturated rings. The molecule has 7 heteroatoms. The number of rotatable bonds is 6. The van der Waals surface area contributed by atoms with Gasteiger partial charge >= 0.3 is 5.97 Å². The number of hydrogen-bond acceptors (Lipinski definition) is 3. The zero-order chi connectivity index (χ0) is 20.4. The molecule has 0 aliphatic rings. The van der Waals surface area contributed by atoms with Crippen LogP contribution in [0.25, 0.3) is 16.7 Å². The number of halogens is 1. The van der Waals surface area contributed by atoms with Crippen LogP contribution in [0.1, 0.15) is 38.2 Å². The third kappa shape index (κ3) is 4.08. The van der Waals surface area contributed by atoms with Gasteiger partial charge in [-0.1, -0.05) is 0 Å². The van der Waals surface area contributed by atoms with Gasteiger partial charge in [0.2, 0.25) is 5.91 Å². The summed E-state index contributed by atoms with van der Waals surface area (Å²) in [6, 6.07) is 9.59. The highest BCUT2D eigenvalue weighted by Crippen LogP contribution is 2.25. The lowest BCUT2D eigenvalue weighted by molar-refractivity contribution is -0.122. The molecule has 148 valence electrons. The summed E-state index contributed by atoms with van der Waals surface area (Å²) in [5.74, 6) is -1.01. The summed E-state index contributed by atoms with van der Waals surface area (Å²) in [4.78, 5) is 24.9. The number of fused-ring (bicyclic) bond motifs is 1. The van der Waals surface area contributed by atoms with E-state index in [1.807, 2.05) is 30.7 Å². The largest absolute Gasteiger partial charge is 0.458 e. The van der Waals surface area contributed by atoms with Crippen LogP contribution in [0.3, 0.4) is 0 Å². The normalized spacial score (nSPS) is 11.4. The molecule has 1 amide bonds. The minimum atomic E-state index is -0.491. The molecule has 0 atom stereocenters. The summed E-state index contributed by atoms with van der Waals surface area (Å²) < 4.78 is 22.1. The van der Waals surface area contributed by atoms with Crippen molar-refractivity contribution >= 4 is 22.9 Å². The van der Waals surface area contributed by atoms with Crippen LogP contribution in [-0.2, 0) is 16.1 Å². The third-order valence-corrected chi connectivity index (χ3v) is 4.17. The molecule has 0 aliphatic heterocycles. The van der Waals surface area contributed by atoms with Gasteiger partial charge in [0, 0.05) is 17.9 Å². The molecule has 3 rings (SSSR count). The van der Waals surface area contributed by atoms with Gasteiger partial charge in [0.15, 0.2) is 0 Å². The quantitative estimate of drug-likeness (QED) is 0.659. The molecule has 3 aromatic rings. The Bertz CT molecular complexity index is 1000. The number of nitrogens with one attached hydrogen (secondary N) is 1. The fraction of sp³-hybridized carbons (Fsp3) is 0.333. The first-order chi connectivity index (χ1) is 13.3. The van der Waals surface area contributed by atoms with Gasteiger partial charge in [-0.2, -0.15) is 0 Å². The first-order valence-electron chi connectivity index (χ1n) is 9.23. The Hall–Kier alpha value is -3.09. The lowest BCUT2D eigenvalue weighted by Gasteiger charge is -2.13. The van der Waals surface area contributed by atoms with E-state index in [-0.39, 0.29) is 30.4 Å². The predicted molar refractivity (Wildman–Crippen MR) is 105 cm³/mol. The predicted octanol–water partition coefficient (Wildman–Crippen LogP) is 3.66. The molecule has 0 unspecified atom stereocenters. The number of esters is 1. The summed E-state index contributed by atoms with van der Waals surface area (Å²) >= 11 is 0. The third-order valence-electron chi connectivity index (χ3n) is 4.17. The molecule has 2 aromatic heterocycles. The smallest absolute Gasteiger partial charge is 0.355 e. The van der Waals surface area contributed by atoms with Gasteiger partial charge in [0.1, 0.15) is 18.1 Å². The van der Waals surface area contributed by atoms with Crippen molar-refractivity contribution in [2.45, 2.75) is 46.4 Å². The Morgan fingerprint density at radius 3 is 2.36 bits per heavy atom. The molecule has 0 saturated heterocycles. The number of carbonyl (C=O) groups is 2.